The summed E-state index contributed by atoms with van der Waals surface area (Å²) < 4.78 is 7.71. The molecule has 0 bridgehead atoms. The number of morpholine rings is 1. The van der Waals surface area contributed by atoms with Crippen LogP contribution in [0.5, 0.6) is 0 Å². The molecule has 2 fully saturated rings. The molecule has 0 aliphatic carbocycles. The predicted octanol–water partition coefficient (Wildman–Crippen LogP) is 3.33. The van der Waals surface area contributed by atoms with Gasteiger partial charge in [0.25, 0.3) is 0 Å². The second-order valence-corrected chi connectivity index (χ2v) is 12.1. The number of hydrogen-bond donors (Lipinski definition) is 0. The molecule has 2 saturated heterocycles. The number of benzene rings is 2. The number of carbonyl (C=O) groups excluding carboxylic acids is 3. The van der Waals surface area contributed by atoms with E-state index in [2.05, 4.69) is 15.9 Å². The number of anilines is 1. The molecule has 3 aliphatic heterocycles. The SMILES string of the molecule is O=C(Cn1c2c(sc1=O)C(c1ccc(Br)cc1)C1C(=O)N(c3ccccc3)C(=O)C1S2)N1CCOCC1. The third-order valence-corrected chi connectivity index (χ3v) is 10.1. The van der Waals surface area contributed by atoms with Gasteiger partial charge in [0.15, 0.2) is 0 Å². The summed E-state index contributed by atoms with van der Waals surface area (Å²) in [5.74, 6) is -1.87. The Morgan fingerprint density at radius 1 is 0.973 bits per heavy atom. The fourth-order valence-electron chi connectivity index (χ4n) is 5.16. The zero-order valence-electron chi connectivity index (χ0n) is 19.5. The summed E-state index contributed by atoms with van der Waals surface area (Å²) in [4.78, 5) is 57.2. The number of thioether (sulfide) groups is 1. The number of para-hydroxylation sites is 1. The lowest BCUT2D eigenvalue weighted by atomic mass is 9.83. The Hall–Kier alpha value is -2.73. The van der Waals surface area contributed by atoms with Crippen molar-refractivity contribution in [2.45, 2.75) is 22.7 Å². The molecular formula is C26H22BrN3O5S2. The van der Waals surface area contributed by atoms with Crippen molar-refractivity contribution in [3.63, 3.8) is 0 Å². The number of amides is 3. The number of ether oxygens (including phenoxy) is 1. The van der Waals surface area contributed by atoms with Crippen LogP contribution in [-0.2, 0) is 25.7 Å². The van der Waals surface area contributed by atoms with Crippen LogP contribution < -0.4 is 9.77 Å². The lowest BCUT2D eigenvalue weighted by Gasteiger charge is -2.31. The largest absolute Gasteiger partial charge is 0.378 e. The third-order valence-electron chi connectivity index (χ3n) is 6.95. The Balaban J connectivity index is 1.44. The normalized spacial score (nSPS) is 23.2. The Labute approximate surface area is 229 Å². The average molecular weight is 601 g/mol. The number of thiazole rings is 1. The number of carbonyl (C=O) groups is 3. The van der Waals surface area contributed by atoms with Crippen LogP contribution in [0.15, 0.2) is 68.9 Å². The highest BCUT2D eigenvalue weighted by atomic mass is 79.9. The molecule has 6 rings (SSSR count). The minimum absolute atomic E-state index is 0.105. The topological polar surface area (TPSA) is 88.9 Å². The molecule has 2 aromatic carbocycles. The molecule has 0 N–H and O–H groups in total. The molecule has 3 atom stereocenters. The summed E-state index contributed by atoms with van der Waals surface area (Å²) in [5, 5.41) is -0.102. The highest BCUT2D eigenvalue weighted by Crippen LogP contribution is 2.53. The van der Waals surface area contributed by atoms with Gasteiger partial charge < -0.3 is 9.64 Å². The molecule has 0 spiro atoms. The van der Waals surface area contributed by atoms with E-state index in [0.717, 1.165) is 26.3 Å². The van der Waals surface area contributed by atoms with Gasteiger partial charge in [-0.1, -0.05) is 69.4 Å². The third kappa shape index (κ3) is 4.27. The Morgan fingerprint density at radius 3 is 2.38 bits per heavy atom. The van der Waals surface area contributed by atoms with Crippen molar-refractivity contribution < 1.29 is 19.1 Å². The lowest BCUT2D eigenvalue weighted by Crippen LogP contribution is -2.43. The Kier molecular flexibility index (Phi) is 6.56. The lowest BCUT2D eigenvalue weighted by molar-refractivity contribution is -0.136. The molecule has 11 heteroatoms. The summed E-state index contributed by atoms with van der Waals surface area (Å²) >= 11 is 5.76. The molecule has 37 heavy (non-hydrogen) atoms. The standard InChI is InChI=1S/C26H22BrN3O5S2/c27-16-8-6-15(7-9-16)19-20-21(24(33)30(23(20)32)17-4-2-1-3-5-17)36-25-22(19)37-26(34)29(25)14-18(31)28-10-12-35-13-11-28/h1-9,19-21H,10-14H2. The van der Waals surface area contributed by atoms with Crippen LogP contribution in [0.3, 0.4) is 0 Å². The molecule has 0 saturated carbocycles. The van der Waals surface area contributed by atoms with Gasteiger partial charge in [0, 0.05) is 28.4 Å². The molecule has 3 unspecified atom stereocenters. The Morgan fingerprint density at radius 2 is 1.68 bits per heavy atom. The maximum absolute atomic E-state index is 13.8. The summed E-state index contributed by atoms with van der Waals surface area (Å²) in [7, 11) is 0. The van der Waals surface area contributed by atoms with Crippen LogP contribution in [0.4, 0.5) is 5.69 Å². The van der Waals surface area contributed by atoms with E-state index in [0.29, 0.717) is 37.0 Å². The van der Waals surface area contributed by atoms with Gasteiger partial charge in [-0.3, -0.25) is 23.7 Å². The van der Waals surface area contributed by atoms with Gasteiger partial charge in [0.05, 0.1) is 29.8 Å². The molecule has 3 aromatic rings. The van der Waals surface area contributed by atoms with Crippen LogP contribution in [0.2, 0.25) is 0 Å². The summed E-state index contributed by atoms with van der Waals surface area (Å²) in [6.07, 6.45) is 0. The molecule has 190 valence electrons. The van der Waals surface area contributed by atoms with E-state index in [1.54, 1.807) is 29.2 Å². The predicted molar refractivity (Wildman–Crippen MR) is 144 cm³/mol. The maximum atomic E-state index is 13.8. The summed E-state index contributed by atoms with van der Waals surface area (Å²) in [6.45, 7) is 1.81. The first-order valence-corrected chi connectivity index (χ1v) is 14.4. The number of nitrogens with zero attached hydrogens (tertiary/aromatic N) is 3. The van der Waals surface area contributed by atoms with Crippen LogP contribution >= 0.6 is 39.0 Å². The average Bonchev–Trinajstić information content (AvgIpc) is 3.36. The number of hydrogen-bond acceptors (Lipinski definition) is 7. The number of fused-ring (bicyclic) bond motifs is 2. The maximum Gasteiger partial charge on any atom is 0.308 e. The van der Waals surface area contributed by atoms with Gasteiger partial charge in [0.1, 0.15) is 11.8 Å². The van der Waals surface area contributed by atoms with Crippen molar-refractivity contribution in [2.75, 3.05) is 31.2 Å². The van der Waals surface area contributed by atoms with Crippen molar-refractivity contribution in [3.8, 4) is 0 Å². The van der Waals surface area contributed by atoms with Gasteiger partial charge in [-0.25, -0.2) is 4.90 Å². The Bertz CT molecular complexity index is 1430. The highest BCUT2D eigenvalue weighted by Gasteiger charge is 2.56. The van der Waals surface area contributed by atoms with Crippen molar-refractivity contribution in [3.05, 3.63) is 79.2 Å². The van der Waals surface area contributed by atoms with Gasteiger partial charge in [-0.15, -0.1) is 0 Å². The molecule has 8 nitrogen and oxygen atoms in total. The molecule has 1 aromatic heterocycles. The van der Waals surface area contributed by atoms with E-state index in [4.69, 9.17) is 4.74 Å². The molecule has 4 heterocycles. The molecule has 3 aliphatic rings. The summed E-state index contributed by atoms with van der Waals surface area (Å²) in [6, 6.07) is 16.5. The fourth-order valence-corrected chi connectivity index (χ4v) is 8.20. The zero-order valence-corrected chi connectivity index (χ0v) is 22.8. The minimum atomic E-state index is -0.701. The van der Waals surface area contributed by atoms with Crippen LogP contribution in [0, 0.1) is 5.92 Å². The van der Waals surface area contributed by atoms with Crippen molar-refractivity contribution in [2.24, 2.45) is 5.92 Å². The first kappa shape index (κ1) is 24.6. The fraction of sp³-hybridized carbons (Fsp3) is 0.308. The monoisotopic (exact) mass is 599 g/mol. The van der Waals surface area contributed by atoms with Gasteiger partial charge in [-0.05, 0) is 29.8 Å². The first-order valence-electron chi connectivity index (χ1n) is 11.9. The molecule has 0 radical (unpaired) electrons. The van der Waals surface area contributed by atoms with Gasteiger partial charge in [0.2, 0.25) is 17.7 Å². The van der Waals surface area contributed by atoms with E-state index in [1.165, 1.54) is 21.2 Å². The molecule has 3 amide bonds. The second kappa shape index (κ2) is 9.86. The molecular weight excluding hydrogens is 578 g/mol. The van der Waals surface area contributed by atoms with Crippen LogP contribution in [0.25, 0.3) is 0 Å². The van der Waals surface area contributed by atoms with E-state index < -0.39 is 17.1 Å². The van der Waals surface area contributed by atoms with E-state index in [9.17, 15) is 19.2 Å². The van der Waals surface area contributed by atoms with Crippen LogP contribution in [-0.4, -0.2) is 58.7 Å². The van der Waals surface area contributed by atoms with Gasteiger partial charge in [-0.2, -0.15) is 0 Å². The van der Waals surface area contributed by atoms with E-state index in [1.807, 2.05) is 30.3 Å². The van der Waals surface area contributed by atoms with Crippen LogP contribution in [0.1, 0.15) is 16.4 Å². The number of rotatable bonds is 4. The van der Waals surface area contributed by atoms with E-state index in [-0.39, 0.29) is 29.1 Å². The first-order chi connectivity index (χ1) is 17.9. The van der Waals surface area contributed by atoms with E-state index >= 15 is 0 Å². The number of aromatic nitrogens is 1. The van der Waals surface area contributed by atoms with Crippen molar-refractivity contribution in [1.29, 1.82) is 0 Å². The van der Waals surface area contributed by atoms with Crippen molar-refractivity contribution >= 4 is 62.4 Å². The second-order valence-electron chi connectivity index (χ2n) is 9.06. The highest BCUT2D eigenvalue weighted by molar-refractivity contribution is 9.10. The number of halogens is 1. The van der Waals surface area contributed by atoms with Gasteiger partial charge >= 0.3 is 4.87 Å². The summed E-state index contributed by atoms with van der Waals surface area (Å²) in [5.41, 5.74) is 1.38. The zero-order chi connectivity index (χ0) is 25.7. The smallest absolute Gasteiger partial charge is 0.308 e. The minimum Gasteiger partial charge on any atom is -0.378 e. The quantitative estimate of drug-likeness (QED) is 0.427. The number of imide groups is 1. The van der Waals surface area contributed by atoms with Crippen molar-refractivity contribution in [1.82, 2.24) is 9.47 Å².